The van der Waals surface area contributed by atoms with Crippen molar-refractivity contribution in [3.8, 4) is 11.5 Å². The van der Waals surface area contributed by atoms with Gasteiger partial charge in [0.15, 0.2) is 6.10 Å². The standard InChI is InChI=1S/C21H26ClNO3/c1-3-4-5-6-15-25-19-13-9-18(10-14-19)23-21(24)16(2)26-20-11-7-17(22)8-12-20/h7-14,16H,3-6,15H2,1-2H3,(H,23,24)/t16-/m0/s1. The summed E-state index contributed by atoms with van der Waals surface area (Å²) in [5.41, 5.74) is 0.708. The lowest BCUT2D eigenvalue weighted by atomic mass is 10.2. The van der Waals surface area contributed by atoms with E-state index < -0.39 is 6.10 Å². The van der Waals surface area contributed by atoms with Crippen molar-refractivity contribution >= 4 is 23.2 Å². The zero-order valence-electron chi connectivity index (χ0n) is 15.3. The van der Waals surface area contributed by atoms with Crippen LogP contribution in [-0.2, 0) is 4.79 Å². The molecule has 2 rings (SSSR count). The molecule has 0 saturated heterocycles. The Kier molecular flexibility index (Phi) is 8.29. The van der Waals surface area contributed by atoms with Gasteiger partial charge in [-0.25, -0.2) is 0 Å². The van der Waals surface area contributed by atoms with E-state index in [4.69, 9.17) is 21.1 Å². The summed E-state index contributed by atoms with van der Waals surface area (Å²) in [6.45, 7) is 4.62. The van der Waals surface area contributed by atoms with E-state index in [9.17, 15) is 4.79 Å². The van der Waals surface area contributed by atoms with Gasteiger partial charge in [0, 0.05) is 10.7 Å². The van der Waals surface area contributed by atoms with Crippen molar-refractivity contribution in [3.63, 3.8) is 0 Å². The van der Waals surface area contributed by atoms with E-state index in [1.807, 2.05) is 24.3 Å². The second kappa shape index (κ2) is 10.7. The third-order valence-electron chi connectivity index (χ3n) is 3.88. The molecule has 26 heavy (non-hydrogen) atoms. The van der Waals surface area contributed by atoms with Gasteiger partial charge in [0.05, 0.1) is 6.61 Å². The maximum atomic E-state index is 12.2. The molecule has 0 saturated carbocycles. The molecule has 2 aromatic rings. The van der Waals surface area contributed by atoms with Crippen LogP contribution in [0, 0.1) is 0 Å². The van der Waals surface area contributed by atoms with E-state index >= 15 is 0 Å². The fraction of sp³-hybridized carbons (Fsp3) is 0.381. The number of amides is 1. The number of ether oxygens (including phenoxy) is 2. The molecule has 0 aliphatic carbocycles. The summed E-state index contributed by atoms with van der Waals surface area (Å²) in [6.07, 6.45) is 4.09. The van der Waals surface area contributed by atoms with Gasteiger partial charge < -0.3 is 14.8 Å². The number of rotatable bonds is 10. The molecular formula is C21H26ClNO3. The van der Waals surface area contributed by atoms with E-state index in [1.165, 1.54) is 19.3 Å². The van der Waals surface area contributed by atoms with E-state index in [2.05, 4.69) is 12.2 Å². The molecule has 0 radical (unpaired) electrons. The third-order valence-corrected chi connectivity index (χ3v) is 4.14. The summed E-state index contributed by atoms with van der Waals surface area (Å²) in [5, 5.41) is 3.47. The van der Waals surface area contributed by atoms with Gasteiger partial charge in [0.1, 0.15) is 11.5 Å². The first-order valence-corrected chi connectivity index (χ1v) is 9.42. The summed E-state index contributed by atoms with van der Waals surface area (Å²) in [7, 11) is 0. The predicted octanol–water partition coefficient (Wildman–Crippen LogP) is 5.71. The minimum absolute atomic E-state index is 0.215. The normalized spacial score (nSPS) is 11.7. The van der Waals surface area contributed by atoms with Crippen LogP contribution in [0.3, 0.4) is 0 Å². The van der Waals surface area contributed by atoms with Crippen LogP contribution in [0.4, 0.5) is 5.69 Å². The fourth-order valence-electron chi connectivity index (χ4n) is 2.37. The van der Waals surface area contributed by atoms with Crippen molar-refractivity contribution in [1.82, 2.24) is 0 Å². The molecule has 0 spiro atoms. The van der Waals surface area contributed by atoms with Crippen molar-refractivity contribution < 1.29 is 14.3 Å². The molecule has 2 aromatic carbocycles. The molecule has 0 fully saturated rings. The number of benzene rings is 2. The SMILES string of the molecule is CCCCCCOc1ccc(NC(=O)[C@H](C)Oc2ccc(Cl)cc2)cc1. The van der Waals surface area contributed by atoms with E-state index in [1.54, 1.807) is 31.2 Å². The largest absolute Gasteiger partial charge is 0.494 e. The number of nitrogens with one attached hydrogen (secondary N) is 1. The van der Waals surface area contributed by atoms with Crippen molar-refractivity contribution in [3.05, 3.63) is 53.6 Å². The first-order chi connectivity index (χ1) is 12.6. The summed E-state index contributed by atoms with van der Waals surface area (Å²) >= 11 is 5.84. The predicted molar refractivity (Wildman–Crippen MR) is 106 cm³/mol. The second-order valence-electron chi connectivity index (χ2n) is 6.14. The number of carbonyl (C=O) groups excluding carboxylic acids is 1. The monoisotopic (exact) mass is 375 g/mol. The average Bonchev–Trinajstić information content (AvgIpc) is 2.64. The highest BCUT2D eigenvalue weighted by molar-refractivity contribution is 6.30. The first-order valence-electron chi connectivity index (χ1n) is 9.04. The summed E-state index contributed by atoms with van der Waals surface area (Å²) in [6, 6.07) is 14.3. The Morgan fingerprint density at radius 2 is 1.65 bits per heavy atom. The molecule has 0 bridgehead atoms. The fourth-order valence-corrected chi connectivity index (χ4v) is 2.49. The first kappa shape index (κ1) is 20.1. The van der Waals surface area contributed by atoms with Crippen molar-refractivity contribution in [2.75, 3.05) is 11.9 Å². The number of anilines is 1. The van der Waals surface area contributed by atoms with Crippen molar-refractivity contribution in [1.29, 1.82) is 0 Å². The highest BCUT2D eigenvalue weighted by Crippen LogP contribution is 2.19. The third kappa shape index (κ3) is 6.96. The van der Waals surface area contributed by atoms with Gasteiger partial charge in [0.2, 0.25) is 0 Å². The average molecular weight is 376 g/mol. The van der Waals surface area contributed by atoms with E-state index in [-0.39, 0.29) is 5.91 Å². The van der Waals surface area contributed by atoms with Gasteiger partial charge >= 0.3 is 0 Å². The highest BCUT2D eigenvalue weighted by Gasteiger charge is 2.14. The van der Waals surface area contributed by atoms with Crippen LogP contribution in [0.1, 0.15) is 39.5 Å². The number of hydrogen-bond acceptors (Lipinski definition) is 3. The smallest absolute Gasteiger partial charge is 0.265 e. The van der Waals surface area contributed by atoms with Gasteiger partial charge in [0.25, 0.3) is 5.91 Å². The molecule has 0 aliphatic rings. The van der Waals surface area contributed by atoms with Crippen LogP contribution in [-0.4, -0.2) is 18.6 Å². The lowest BCUT2D eigenvalue weighted by Gasteiger charge is -2.15. The van der Waals surface area contributed by atoms with Crippen molar-refractivity contribution in [2.24, 2.45) is 0 Å². The Balaban J connectivity index is 1.78. The van der Waals surface area contributed by atoms with Crippen LogP contribution < -0.4 is 14.8 Å². The van der Waals surface area contributed by atoms with Gasteiger partial charge in [-0.15, -0.1) is 0 Å². The molecule has 0 heterocycles. The quantitative estimate of drug-likeness (QED) is 0.541. The van der Waals surface area contributed by atoms with Crippen LogP contribution in [0.2, 0.25) is 5.02 Å². The topological polar surface area (TPSA) is 47.6 Å². The Bertz CT molecular complexity index is 671. The van der Waals surface area contributed by atoms with Crippen LogP contribution in [0.5, 0.6) is 11.5 Å². The molecule has 4 nitrogen and oxygen atoms in total. The second-order valence-corrected chi connectivity index (χ2v) is 6.57. The highest BCUT2D eigenvalue weighted by atomic mass is 35.5. The van der Waals surface area contributed by atoms with Crippen LogP contribution in [0.15, 0.2) is 48.5 Å². The summed E-state index contributed by atoms with van der Waals surface area (Å²) in [4.78, 5) is 12.2. The maximum Gasteiger partial charge on any atom is 0.265 e. The van der Waals surface area contributed by atoms with E-state index in [0.29, 0.717) is 16.5 Å². The number of hydrogen-bond donors (Lipinski definition) is 1. The van der Waals surface area contributed by atoms with Gasteiger partial charge in [-0.3, -0.25) is 4.79 Å². The van der Waals surface area contributed by atoms with Gasteiger partial charge in [-0.05, 0) is 61.9 Å². The maximum absolute atomic E-state index is 12.2. The molecule has 0 aromatic heterocycles. The minimum Gasteiger partial charge on any atom is -0.494 e. The molecule has 140 valence electrons. The number of unbranched alkanes of at least 4 members (excludes halogenated alkanes) is 3. The Labute approximate surface area is 160 Å². The van der Waals surface area contributed by atoms with Gasteiger partial charge in [-0.2, -0.15) is 0 Å². The lowest BCUT2D eigenvalue weighted by molar-refractivity contribution is -0.122. The Hall–Kier alpha value is -2.20. The number of carbonyl (C=O) groups is 1. The summed E-state index contributed by atoms with van der Waals surface area (Å²) in [5.74, 6) is 1.20. The Morgan fingerprint density at radius 3 is 2.31 bits per heavy atom. The Morgan fingerprint density at radius 1 is 1.00 bits per heavy atom. The zero-order chi connectivity index (χ0) is 18.8. The molecule has 0 unspecified atom stereocenters. The molecule has 0 aliphatic heterocycles. The molecule has 5 heteroatoms. The van der Waals surface area contributed by atoms with Gasteiger partial charge in [-0.1, -0.05) is 37.8 Å². The van der Waals surface area contributed by atoms with Crippen molar-refractivity contribution in [2.45, 2.75) is 45.6 Å². The molecule has 1 atom stereocenters. The van der Waals surface area contributed by atoms with E-state index in [0.717, 1.165) is 18.8 Å². The number of halogens is 1. The molecule has 1 amide bonds. The molecular weight excluding hydrogens is 350 g/mol. The molecule has 1 N–H and O–H groups in total. The zero-order valence-corrected chi connectivity index (χ0v) is 16.1. The lowest BCUT2D eigenvalue weighted by Crippen LogP contribution is -2.30. The van der Waals surface area contributed by atoms with Crippen LogP contribution in [0.25, 0.3) is 0 Å². The van der Waals surface area contributed by atoms with Crippen LogP contribution >= 0.6 is 11.6 Å². The summed E-state index contributed by atoms with van der Waals surface area (Å²) < 4.78 is 11.3. The minimum atomic E-state index is -0.620.